The zero-order chi connectivity index (χ0) is 28.4. The van der Waals surface area contributed by atoms with Gasteiger partial charge in [0.1, 0.15) is 23.9 Å². The highest BCUT2D eigenvalue weighted by Gasteiger charge is 2.28. The number of ether oxygens (including phenoxy) is 1. The second kappa shape index (κ2) is 11.8. The standard InChI is InChI=1S/C29H25Cl2N5O3S/c1-16-10-11-17-6-5-8-23(27(17)34-16)39-15-18-19(30)12-13-21(25(18)31)36(2)28(38)26(32)22(37)14-33-29-35-20-7-3-4-9-24(20)40-29/h3-13,26H,14-15,32H2,1-2H3,(H,33,35)/t26-/m0/s1. The van der Waals surface area contributed by atoms with Crippen LogP contribution in [0.2, 0.25) is 10.0 Å². The van der Waals surface area contributed by atoms with Crippen molar-refractivity contribution in [2.24, 2.45) is 5.73 Å². The van der Waals surface area contributed by atoms with E-state index >= 15 is 0 Å². The fraction of sp³-hybridized carbons (Fsp3) is 0.172. The number of carbonyl (C=O) groups excluding carboxylic acids is 2. The SMILES string of the molecule is Cc1ccc2cccc(OCc3c(Cl)ccc(N(C)C(=O)[C@@H](N)C(=O)CNc4nc5ccccc5s4)c3Cl)c2n1. The van der Waals surface area contributed by atoms with Crippen molar-refractivity contribution in [3.63, 3.8) is 0 Å². The van der Waals surface area contributed by atoms with Crippen molar-refractivity contribution in [3.05, 3.63) is 88.0 Å². The molecule has 0 saturated carbocycles. The maximum Gasteiger partial charge on any atom is 0.251 e. The van der Waals surface area contributed by atoms with Gasteiger partial charge < -0.3 is 20.7 Å². The topological polar surface area (TPSA) is 110 Å². The molecule has 0 radical (unpaired) electrons. The average molecular weight is 595 g/mol. The number of fused-ring (bicyclic) bond motifs is 2. The van der Waals surface area contributed by atoms with Crippen molar-refractivity contribution in [2.75, 3.05) is 23.8 Å². The van der Waals surface area contributed by atoms with E-state index in [0.29, 0.717) is 27.2 Å². The van der Waals surface area contributed by atoms with Crippen LogP contribution in [0.5, 0.6) is 5.75 Å². The number of benzene rings is 3. The highest BCUT2D eigenvalue weighted by molar-refractivity contribution is 7.22. The monoisotopic (exact) mass is 593 g/mol. The molecule has 1 atom stereocenters. The van der Waals surface area contributed by atoms with Crippen LogP contribution in [0.25, 0.3) is 21.1 Å². The molecule has 0 fully saturated rings. The maximum atomic E-state index is 13.2. The van der Waals surface area contributed by atoms with E-state index in [1.807, 2.05) is 61.5 Å². The number of rotatable bonds is 9. The number of hydrogen-bond acceptors (Lipinski definition) is 8. The Labute approximate surface area is 244 Å². The number of likely N-dealkylation sites (N-methyl/N-ethyl adjacent to an activating group) is 1. The van der Waals surface area contributed by atoms with Crippen molar-refractivity contribution >= 4 is 78.2 Å². The number of anilines is 2. The van der Waals surface area contributed by atoms with Gasteiger partial charge in [-0.1, -0.05) is 64.9 Å². The number of hydrogen-bond donors (Lipinski definition) is 2. The molecular weight excluding hydrogens is 569 g/mol. The van der Waals surface area contributed by atoms with Crippen LogP contribution in [-0.2, 0) is 16.2 Å². The number of Topliss-reactive ketones (excluding diaryl/α,β-unsaturated/α-hetero) is 1. The van der Waals surface area contributed by atoms with E-state index in [4.69, 9.17) is 33.7 Å². The van der Waals surface area contributed by atoms with Gasteiger partial charge in [-0.15, -0.1) is 0 Å². The summed E-state index contributed by atoms with van der Waals surface area (Å²) in [6.45, 7) is 1.80. The molecule has 0 unspecified atom stereocenters. The normalized spacial score (nSPS) is 11.9. The molecule has 1 amide bonds. The van der Waals surface area contributed by atoms with Crippen molar-refractivity contribution < 1.29 is 14.3 Å². The van der Waals surface area contributed by atoms with E-state index in [9.17, 15) is 9.59 Å². The van der Waals surface area contributed by atoms with Crippen LogP contribution in [0.3, 0.4) is 0 Å². The summed E-state index contributed by atoms with van der Waals surface area (Å²) in [6.07, 6.45) is 0. The summed E-state index contributed by atoms with van der Waals surface area (Å²) < 4.78 is 7.06. The summed E-state index contributed by atoms with van der Waals surface area (Å²) in [5, 5.41) is 5.08. The summed E-state index contributed by atoms with van der Waals surface area (Å²) in [7, 11) is 1.51. The summed E-state index contributed by atoms with van der Waals surface area (Å²) in [5.74, 6) is -0.513. The molecule has 2 heterocycles. The molecule has 5 rings (SSSR count). The van der Waals surface area contributed by atoms with Gasteiger partial charge in [0.2, 0.25) is 0 Å². The van der Waals surface area contributed by atoms with Crippen LogP contribution >= 0.6 is 34.5 Å². The summed E-state index contributed by atoms with van der Waals surface area (Å²) in [6, 6.07) is 19.0. The highest BCUT2D eigenvalue weighted by Crippen LogP contribution is 2.35. The molecule has 0 aliphatic carbocycles. The first-order chi connectivity index (χ1) is 19.2. The average Bonchev–Trinajstić information content (AvgIpc) is 3.38. The number of para-hydroxylation sites is 2. The van der Waals surface area contributed by atoms with Gasteiger partial charge in [0, 0.05) is 28.7 Å². The third-order valence-corrected chi connectivity index (χ3v) is 8.14. The van der Waals surface area contributed by atoms with E-state index < -0.39 is 17.7 Å². The molecule has 8 nitrogen and oxygen atoms in total. The van der Waals surface area contributed by atoms with Gasteiger partial charge in [-0.3, -0.25) is 9.59 Å². The molecule has 0 aliphatic rings. The number of aryl methyl sites for hydroxylation is 1. The Morgan fingerprint density at radius 3 is 2.65 bits per heavy atom. The van der Waals surface area contributed by atoms with Crippen LogP contribution in [0.15, 0.2) is 66.7 Å². The Morgan fingerprint density at radius 2 is 1.85 bits per heavy atom. The zero-order valence-corrected chi connectivity index (χ0v) is 24.0. The highest BCUT2D eigenvalue weighted by atomic mass is 35.5. The van der Waals surface area contributed by atoms with E-state index in [-0.39, 0.29) is 18.2 Å². The van der Waals surface area contributed by atoms with E-state index in [0.717, 1.165) is 26.8 Å². The number of ketones is 1. The number of pyridine rings is 1. The minimum atomic E-state index is -1.40. The first kappa shape index (κ1) is 27.8. The molecular formula is C29H25Cl2N5O3S. The van der Waals surface area contributed by atoms with Gasteiger partial charge in [0.05, 0.1) is 27.5 Å². The lowest BCUT2D eigenvalue weighted by molar-refractivity contribution is -0.127. The lowest BCUT2D eigenvalue weighted by Gasteiger charge is -2.23. The van der Waals surface area contributed by atoms with E-state index in [1.54, 1.807) is 12.1 Å². The lowest BCUT2D eigenvalue weighted by atomic mass is 10.1. The van der Waals surface area contributed by atoms with Crippen molar-refractivity contribution in [1.29, 1.82) is 0 Å². The van der Waals surface area contributed by atoms with Crippen molar-refractivity contribution in [2.45, 2.75) is 19.6 Å². The number of amides is 1. The molecule has 0 spiro atoms. The number of nitrogens with two attached hydrogens (primary N) is 1. The first-order valence-electron chi connectivity index (χ1n) is 12.3. The first-order valence-corrected chi connectivity index (χ1v) is 13.9. The molecule has 204 valence electrons. The molecule has 0 bridgehead atoms. The van der Waals surface area contributed by atoms with Gasteiger partial charge in [-0.2, -0.15) is 0 Å². The van der Waals surface area contributed by atoms with Crippen LogP contribution in [0.4, 0.5) is 10.8 Å². The number of thiazole rings is 1. The minimum Gasteiger partial charge on any atom is -0.487 e. The molecule has 40 heavy (non-hydrogen) atoms. The predicted octanol–water partition coefficient (Wildman–Crippen LogP) is 6.01. The fourth-order valence-corrected chi connectivity index (χ4v) is 5.61. The second-order valence-electron chi connectivity index (χ2n) is 9.11. The molecule has 11 heteroatoms. The number of nitrogens with one attached hydrogen (secondary N) is 1. The maximum absolute atomic E-state index is 13.2. The van der Waals surface area contributed by atoms with Gasteiger partial charge in [0.25, 0.3) is 5.91 Å². The van der Waals surface area contributed by atoms with Crippen LogP contribution in [-0.4, -0.2) is 41.3 Å². The van der Waals surface area contributed by atoms with Crippen LogP contribution in [0, 0.1) is 6.92 Å². The van der Waals surface area contributed by atoms with Crippen molar-refractivity contribution in [1.82, 2.24) is 9.97 Å². The number of nitrogens with zero attached hydrogens (tertiary/aromatic N) is 3. The Hall–Kier alpha value is -3.76. The Kier molecular flexibility index (Phi) is 8.18. The van der Waals surface area contributed by atoms with Gasteiger partial charge in [0.15, 0.2) is 10.9 Å². The molecule has 0 saturated heterocycles. The molecule has 3 N–H and O–H groups in total. The van der Waals surface area contributed by atoms with Gasteiger partial charge in [-0.05, 0) is 43.3 Å². The summed E-state index contributed by atoms with van der Waals surface area (Å²) in [5.41, 5.74) is 9.31. The Balaban J connectivity index is 1.28. The Morgan fingerprint density at radius 1 is 1.05 bits per heavy atom. The summed E-state index contributed by atoms with van der Waals surface area (Å²) in [4.78, 5) is 36.2. The number of halogens is 2. The van der Waals surface area contributed by atoms with Crippen LogP contribution < -0.4 is 20.7 Å². The molecule has 3 aromatic carbocycles. The largest absolute Gasteiger partial charge is 0.487 e. The smallest absolute Gasteiger partial charge is 0.251 e. The minimum absolute atomic E-state index is 0.0410. The number of carbonyl (C=O) groups is 2. The number of aromatic nitrogens is 2. The quantitative estimate of drug-likeness (QED) is 0.201. The lowest BCUT2D eigenvalue weighted by Crippen LogP contribution is -2.49. The molecule has 2 aromatic heterocycles. The third-order valence-electron chi connectivity index (χ3n) is 6.37. The van der Waals surface area contributed by atoms with E-state index in [1.165, 1.54) is 23.3 Å². The summed E-state index contributed by atoms with van der Waals surface area (Å²) >= 11 is 14.6. The fourth-order valence-electron chi connectivity index (χ4n) is 4.15. The predicted molar refractivity (Wildman–Crippen MR) is 162 cm³/mol. The van der Waals surface area contributed by atoms with Gasteiger partial charge >= 0.3 is 0 Å². The molecule has 0 aliphatic heterocycles. The van der Waals surface area contributed by atoms with E-state index in [2.05, 4.69) is 15.3 Å². The van der Waals surface area contributed by atoms with Gasteiger partial charge in [-0.25, -0.2) is 9.97 Å². The van der Waals surface area contributed by atoms with Crippen molar-refractivity contribution in [3.8, 4) is 5.75 Å². The van der Waals surface area contributed by atoms with Crippen LogP contribution in [0.1, 0.15) is 11.3 Å². The second-order valence-corrected chi connectivity index (χ2v) is 10.9. The zero-order valence-electron chi connectivity index (χ0n) is 21.7. The Bertz CT molecular complexity index is 1710. The third kappa shape index (κ3) is 5.73. The molecule has 5 aromatic rings.